The summed E-state index contributed by atoms with van der Waals surface area (Å²) >= 11 is 1.71. The minimum atomic E-state index is -2.41. The summed E-state index contributed by atoms with van der Waals surface area (Å²) in [5.74, 6) is -2.43. The summed E-state index contributed by atoms with van der Waals surface area (Å²) in [5.41, 5.74) is 7.40. The molecule has 4 aromatic carbocycles. The zero-order chi connectivity index (χ0) is 39.9. The Bertz CT molecular complexity index is 2470. The number of aromatic nitrogens is 2. The number of pyridine rings is 2. The molecule has 1 fully saturated rings. The van der Waals surface area contributed by atoms with Crippen molar-refractivity contribution in [2.75, 3.05) is 0 Å². The quantitative estimate of drug-likeness (QED) is 0.118. The average molecular weight is 898 g/mol. The molecule has 8 rings (SSSR count). The van der Waals surface area contributed by atoms with Crippen molar-refractivity contribution in [3.05, 3.63) is 139 Å². The van der Waals surface area contributed by atoms with Gasteiger partial charge >= 0.3 is 0 Å². The van der Waals surface area contributed by atoms with Crippen LogP contribution in [-0.4, -0.2) is 18.0 Å². The predicted molar refractivity (Wildman–Crippen MR) is 223 cm³/mol. The smallest absolute Gasteiger partial charge is 0.0799 e. The maximum atomic E-state index is 9.23. The molecule has 0 saturated heterocycles. The monoisotopic (exact) mass is 898 g/mol. The number of thiophene rings is 1. The first-order valence-electron chi connectivity index (χ1n) is 20.4. The summed E-state index contributed by atoms with van der Waals surface area (Å²) in [6, 6.07) is 41.0. The zero-order valence-electron chi connectivity index (χ0n) is 35.5. The normalized spacial score (nSPS) is 16.4. The Morgan fingerprint density at radius 1 is 0.808 bits per heavy atom. The largest absolute Gasteiger partial charge is 0.305 e. The van der Waals surface area contributed by atoms with Crippen molar-refractivity contribution >= 4 is 44.8 Å². The van der Waals surface area contributed by atoms with Crippen LogP contribution in [0.2, 0.25) is 19.6 Å². The van der Waals surface area contributed by atoms with Gasteiger partial charge in [0.25, 0.3) is 0 Å². The van der Waals surface area contributed by atoms with Gasteiger partial charge in [-0.25, -0.2) is 0 Å². The van der Waals surface area contributed by atoms with Gasteiger partial charge in [-0.2, -0.15) is 11.3 Å². The van der Waals surface area contributed by atoms with Crippen LogP contribution in [0.5, 0.6) is 0 Å². The van der Waals surface area contributed by atoms with Crippen molar-refractivity contribution in [1.82, 2.24) is 9.97 Å². The number of hydrogen-bond donors (Lipinski definition) is 0. The van der Waals surface area contributed by atoms with Crippen LogP contribution in [0.4, 0.5) is 0 Å². The number of benzene rings is 4. The molecular weight excluding hydrogens is 845 g/mol. The first kappa shape index (κ1) is 31.8. The second kappa shape index (κ2) is 16.5. The average Bonchev–Trinajstić information content (AvgIpc) is 3.86. The standard InChI is InChI=1S/C30H26NS.C17H22NSi.Ir/c1-20(21-8-5-6-9-21)23-16-17-31-28(18-23)27-13-7-12-26-25-15-14-24(19-29(25)32-30(26)27)22-10-3-2-4-11-22;1-13(2)15-11-16(14-9-7-6-8-10-14)18-12-17(15)19(3,4)5;/h2-4,7,10-12,14-21H,5-6,8-9H2,1H3;6-9,11-13H,1-5H3;/q2*-1;/i1D3,20D;13D;. The molecule has 52 heavy (non-hydrogen) atoms. The molecule has 0 N–H and O–H groups in total. The van der Waals surface area contributed by atoms with Crippen LogP contribution in [0.15, 0.2) is 116 Å². The van der Waals surface area contributed by atoms with Gasteiger partial charge in [-0.05, 0) is 80.5 Å². The zero-order valence-corrected chi connectivity index (χ0v) is 34.7. The van der Waals surface area contributed by atoms with Crippen LogP contribution in [0.3, 0.4) is 0 Å². The molecule has 1 unspecified atom stereocenters. The van der Waals surface area contributed by atoms with Gasteiger partial charge in [0.2, 0.25) is 0 Å². The molecule has 1 saturated carbocycles. The Morgan fingerprint density at radius 2 is 1.60 bits per heavy atom. The first-order chi connectivity index (χ1) is 26.6. The molecule has 3 heterocycles. The van der Waals surface area contributed by atoms with Crippen molar-refractivity contribution in [3.63, 3.8) is 0 Å². The molecule has 267 valence electrons. The summed E-state index contributed by atoms with van der Waals surface area (Å²) in [6.45, 7) is 8.38. The Hall–Kier alpha value is -3.73. The Balaban J connectivity index is 0.000000223. The van der Waals surface area contributed by atoms with Gasteiger partial charge in [0, 0.05) is 44.1 Å². The van der Waals surface area contributed by atoms with Crippen molar-refractivity contribution in [2.45, 2.75) is 77.8 Å². The molecule has 1 radical (unpaired) electrons. The van der Waals surface area contributed by atoms with Crippen LogP contribution in [-0.2, 0) is 20.1 Å². The van der Waals surface area contributed by atoms with Gasteiger partial charge in [0.15, 0.2) is 0 Å². The van der Waals surface area contributed by atoms with Gasteiger partial charge in [0.05, 0.1) is 8.07 Å². The van der Waals surface area contributed by atoms with E-state index in [1.165, 1.54) is 26.4 Å². The summed E-state index contributed by atoms with van der Waals surface area (Å²) in [4.78, 5) is 9.24. The van der Waals surface area contributed by atoms with E-state index < -0.39 is 26.7 Å². The second-order valence-corrected chi connectivity index (χ2v) is 20.8. The molecule has 1 aliphatic carbocycles. The number of nitrogens with zero attached hydrogens (tertiary/aromatic N) is 2. The van der Waals surface area contributed by atoms with Crippen LogP contribution >= 0.6 is 11.3 Å². The maximum absolute atomic E-state index is 9.23. The van der Waals surface area contributed by atoms with E-state index in [2.05, 4.69) is 84.2 Å². The summed E-state index contributed by atoms with van der Waals surface area (Å²) in [5, 5.41) is 3.60. The third kappa shape index (κ3) is 8.24. The van der Waals surface area contributed by atoms with Crippen molar-refractivity contribution < 1.29 is 27.0 Å². The summed E-state index contributed by atoms with van der Waals surface area (Å²) < 4.78 is 44.8. The van der Waals surface area contributed by atoms with E-state index in [4.69, 9.17) is 5.48 Å². The molecule has 0 bridgehead atoms. The summed E-state index contributed by atoms with van der Waals surface area (Å²) in [6.07, 6.45) is 7.16. The van der Waals surface area contributed by atoms with Gasteiger partial charge in [0.1, 0.15) is 0 Å². The fourth-order valence-corrected chi connectivity index (χ4v) is 9.92. The van der Waals surface area contributed by atoms with E-state index in [9.17, 15) is 1.37 Å². The molecule has 1 aliphatic rings. The second-order valence-electron chi connectivity index (χ2n) is 14.7. The Kier molecular flexibility index (Phi) is 10.1. The topological polar surface area (TPSA) is 25.8 Å². The number of fused-ring (bicyclic) bond motifs is 3. The molecule has 1 atom stereocenters. The molecular formula is C47H48IrN2SSi-2. The molecule has 2 nitrogen and oxygen atoms in total. The number of rotatable bonds is 7. The minimum absolute atomic E-state index is 0. The first-order valence-corrected chi connectivity index (χ1v) is 22.2. The van der Waals surface area contributed by atoms with E-state index in [0.717, 1.165) is 58.2 Å². The third-order valence-corrected chi connectivity index (χ3v) is 13.1. The van der Waals surface area contributed by atoms with E-state index in [1.807, 2.05) is 74.6 Å². The third-order valence-electron chi connectivity index (χ3n) is 9.87. The molecule has 0 spiro atoms. The van der Waals surface area contributed by atoms with Crippen LogP contribution < -0.4 is 5.19 Å². The predicted octanol–water partition coefficient (Wildman–Crippen LogP) is 13.1. The van der Waals surface area contributed by atoms with Crippen LogP contribution in [0, 0.1) is 18.1 Å². The van der Waals surface area contributed by atoms with Crippen LogP contribution in [0.25, 0.3) is 53.8 Å². The molecule has 5 heteroatoms. The Labute approximate surface area is 336 Å². The Morgan fingerprint density at radius 3 is 2.31 bits per heavy atom. The van der Waals surface area contributed by atoms with Crippen molar-refractivity contribution in [3.8, 4) is 33.6 Å². The summed E-state index contributed by atoms with van der Waals surface area (Å²) in [7, 11) is -1.50. The van der Waals surface area contributed by atoms with Gasteiger partial charge in [-0.1, -0.05) is 124 Å². The van der Waals surface area contributed by atoms with E-state index >= 15 is 0 Å². The maximum Gasteiger partial charge on any atom is 0.0799 e. The van der Waals surface area contributed by atoms with Gasteiger partial charge in [-0.3, -0.25) is 0 Å². The molecule has 0 aliphatic heterocycles. The van der Waals surface area contributed by atoms with Crippen LogP contribution in [0.1, 0.15) is 76.2 Å². The fraction of sp³-hybridized carbons (Fsp3) is 0.277. The fourth-order valence-electron chi connectivity index (χ4n) is 7.09. The number of hydrogen-bond acceptors (Lipinski definition) is 3. The molecule has 7 aromatic rings. The SMILES string of the molecule is [2H]C(C)(C)c1cc(-c2[c-]cccc2)ncc1[Si](C)(C)C.[2H]C([2H])([2H])C([2H])(c1ccnc(-c2[c-]ccc3c2sc2cc(-c4ccccc4)ccc23)c1)C1CCCC1.[Ir]. The van der Waals surface area contributed by atoms with E-state index in [0.29, 0.717) is 11.3 Å². The molecule has 3 aromatic heterocycles. The molecule has 0 amide bonds. The van der Waals surface area contributed by atoms with Gasteiger partial charge in [-0.15, -0.1) is 59.7 Å². The van der Waals surface area contributed by atoms with Crippen molar-refractivity contribution in [1.29, 1.82) is 0 Å². The minimum Gasteiger partial charge on any atom is -0.305 e. The van der Waals surface area contributed by atoms with Gasteiger partial charge < -0.3 is 9.97 Å². The van der Waals surface area contributed by atoms with E-state index in [-0.39, 0.29) is 26.0 Å². The van der Waals surface area contributed by atoms with Crippen molar-refractivity contribution in [2.24, 2.45) is 5.92 Å². The van der Waals surface area contributed by atoms with E-state index in [1.54, 1.807) is 23.6 Å².